The van der Waals surface area contributed by atoms with Crippen LogP contribution in [-0.2, 0) is 0 Å². The molecule has 20 heavy (non-hydrogen) atoms. The van der Waals surface area contributed by atoms with Gasteiger partial charge in [-0.1, -0.05) is 23.3 Å². The largest absolute Gasteiger partial charge is 0.379 e. The minimum Gasteiger partial charge on any atom is -0.379 e. The average Bonchev–Trinajstić information content (AvgIpc) is 2.43. The Bertz CT molecular complexity index is 546. The summed E-state index contributed by atoms with van der Waals surface area (Å²) >= 11 is 5.57. The Morgan fingerprint density at radius 3 is 2.85 bits per heavy atom. The van der Waals surface area contributed by atoms with E-state index in [9.17, 15) is 14.5 Å². The van der Waals surface area contributed by atoms with Crippen molar-refractivity contribution in [1.29, 1.82) is 0 Å². The smallest absolute Gasteiger partial charge is 0.294 e. The third-order valence-electron chi connectivity index (χ3n) is 3.38. The van der Waals surface area contributed by atoms with Crippen molar-refractivity contribution in [2.75, 3.05) is 11.9 Å². The van der Waals surface area contributed by atoms with Gasteiger partial charge in [-0.2, -0.15) is 0 Å². The molecule has 1 aliphatic rings. The van der Waals surface area contributed by atoms with Crippen molar-refractivity contribution in [3.63, 3.8) is 0 Å². The molecule has 0 saturated carbocycles. The van der Waals surface area contributed by atoms with E-state index in [1.165, 1.54) is 18.4 Å². The Labute approximate surface area is 121 Å². The lowest BCUT2D eigenvalue weighted by Crippen LogP contribution is -2.07. The van der Waals surface area contributed by atoms with Gasteiger partial charge in [0.15, 0.2) is 0 Å². The predicted octanol–water partition coefficient (Wildman–Crippen LogP) is 4.69. The van der Waals surface area contributed by atoms with Crippen LogP contribution in [0, 0.1) is 15.9 Å². The van der Waals surface area contributed by atoms with Gasteiger partial charge in [0.05, 0.1) is 9.95 Å². The molecule has 0 spiro atoms. The first kappa shape index (κ1) is 14.8. The molecule has 0 heterocycles. The fraction of sp³-hybridized carbons (Fsp3) is 0.429. The molecule has 0 saturated heterocycles. The molecule has 0 amide bonds. The molecule has 108 valence electrons. The summed E-state index contributed by atoms with van der Waals surface area (Å²) in [6.07, 6.45) is 7.65. The maximum atomic E-state index is 13.4. The number of rotatable bonds is 5. The van der Waals surface area contributed by atoms with Gasteiger partial charge >= 0.3 is 0 Å². The molecule has 1 N–H and O–H groups in total. The number of halogens is 2. The van der Waals surface area contributed by atoms with E-state index in [1.807, 2.05) is 0 Å². The molecule has 2 rings (SSSR count). The van der Waals surface area contributed by atoms with E-state index in [0.29, 0.717) is 6.54 Å². The van der Waals surface area contributed by atoms with Crippen molar-refractivity contribution in [2.24, 2.45) is 0 Å². The minimum atomic E-state index is -0.656. The third-order valence-corrected chi connectivity index (χ3v) is 3.67. The lowest BCUT2D eigenvalue weighted by atomic mass is 9.97. The van der Waals surface area contributed by atoms with Crippen LogP contribution in [0.25, 0.3) is 0 Å². The molecule has 1 aliphatic carbocycles. The Kier molecular flexibility index (Phi) is 4.95. The SMILES string of the molecule is O=[N+]([O-])c1cc(Cl)c(F)cc1NCCC1=CCCCC1. The topological polar surface area (TPSA) is 55.2 Å². The number of nitrogens with one attached hydrogen (secondary N) is 1. The van der Waals surface area contributed by atoms with E-state index in [2.05, 4.69) is 11.4 Å². The van der Waals surface area contributed by atoms with Gasteiger partial charge in [-0.05, 0) is 32.1 Å². The first-order valence-corrected chi connectivity index (χ1v) is 7.01. The summed E-state index contributed by atoms with van der Waals surface area (Å²) in [5, 5.41) is 13.6. The van der Waals surface area contributed by atoms with Crippen molar-refractivity contribution in [3.05, 3.63) is 44.7 Å². The highest BCUT2D eigenvalue weighted by atomic mass is 35.5. The van der Waals surface area contributed by atoms with Gasteiger partial charge in [0.25, 0.3) is 5.69 Å². The summed E-state index contributed by atoms with van der Waals surface area (Å²) in [7, 11) is 0. The van der Waals surface area contributed by atoms with Crippen LogP contribution in [0.2, 0.25) is 5.02 Å². The molecule has 4 nitrogen and oxygen atoms in total. The van der Waals surface area contributed by atoms with Crippen molar-refractivity contribution in [3.8, 4) is 0 Å². The molecular formula is C14H16ClFN2O2. The second-order valence-electron chi connectivity index (χ2n) is 4.83. The molecule has 0 unspecified atom stereocenters. The van der Waals surface area contributed by atoms with Crippen LogP contribution in [0.1, 0.15) is 32.1 Å². The van der Waals surface area contributed by atoms with Crippen molar-refractivity contribution in [1.82, 2.24) is 0 Å². The van der Waals surface area contributed by atoms with Gasteiger partial charge in [0.2, 0.25) is 0 Å². The molecule has 1 aromatic rings. The van der Waals surface area contributed by atoms with Crippen LogP contribution in [0.3, 0.4) is 0 Å². The Morgan fingerprint density at radius 2 is 2.20 bits per heavy atom. The number of hydrogen-bond donors (Lipinski definition) is 1. The van der Waals surface area contributed by atoms with Crippen molar-refractivity contribution < 1.29 is 9.31 Å². The number of nitro benzene ring substituents is 1. The van der Waals surface area contributed by atoms with E-state index in [4.69, 9.17) is 11.6 Å². The van der Waals surface area contributed by atoms with E-state index in [-0.39, 0.29) is 16.4 Å². The molecule has 0 atom stereocenters. The van der Waals surface area contributed by atoms with Crippen LogP contribution < -0.4 is 5.32 Å². The van der Waals surface area contributed by atoms with E-state index < -0.39 is 10.7 Å². The van der Waals surface area contributed by atoms with Gasteiger partial charge in [-0.15, -0.1) is 0 Å². The van der Waals surface area contributed by atoms with Gasteiger partial charge in [0.1, 0.15) is 11.5 Å². The predicted molar refractivity (Wildman–Crippen MR) is 77.7 cm³/mol. The quantitative estimate of drug-likeness (QED) is 0.487. The fourth-order valence-corrected chi connectivity index (χ4v) is 2.48. The highest BCUT2D eigenvalue weighted by molar-refractivity contribution is 6.31. The van der Waals surface area contributed by atoms with E-state index in [1.54, 1.807) is 0 Å². The Hall–Kier alpha value is -1.62. The summed E-state index contributed by atoms with van der Waals surface area (Å²) in [4.78, 5) is 10.4. The van der Waals surface area contributed by atoms with Gasteiger partial charge in [-0.25, -0.2) is 4.39 Å². The van der Waals surface area contributed by atoms with Crippen LogP contribution in [-0.4, -0.2) is 11.5 Å². The summed E-state index contributed by atoms with van der Waals surface area (Å²) in [6, 6.07) is 2.12. The zero-order valence-corrected chi connectivity index (χ0v) is 11.8. The lowest BCUT2D eigenvalue weighted by molar-refractivity contribution is -0.384. The van der Waals surface area contributed by atoms with Gasteiger partial charge in [-0.3, -0.25) is 10.1 Å². The summed E-state index contributed by atoms with van der Waals surface area (Å²) < 4.78 is 13.4. The molecular weight excluding hydrogens is 283 g/mol. The molecule has 0 bridgehead atoms. The monoisotopic (exact) mass is 298 g/mol. The summed E-state index contributed by atoms with van der Waals surface area (Å²) in [5.74, 6) is -0.656. The number of benzene rings is 1. The van der Waals surface area contributed by atoms with Crippen molar-refractivity contribution >= 4 is 23.0 Å². The second-order valence-corrected chi connectivity index (χ2v) is 5.23. The normalized spacial score (nSPS) is 14.8. The van der Waals surface area contributed by atoms with Crippen LogP contribution in [0.5, 0.6) is 0 Å². The fourth-order valence-electron chi connectivity index (χ4n) is 2.32. The Morgan fingerprint density at radius 1 is 1.40 bits per heavy atom. The number of allylic oxidation sites excluding steroid dienone is 1. The Balaban J connectivity index is 2.03. The van der Waals surface area contributed by atoms with Crippen LogP contribution in [0.4, 0.5) is 15.8 Å². The van der Waals surface area contributed by atoms with Crippen LogP contribution in [0.15, 0.2) is 23.8 Å². The van der Waals surface area contributed by atoms with E-state index in [0.717, 1.165) is 31.4 Å². The molecule has 0 aliphatic heterocycles. The number of nitro groups is 1. The molecule has 0 fully saturated rings. The molecule has 6 heteroatoms. The van der Waals surface area contributed by atoms with Crippen molar-refractivity contribution in [2.45, 2.75) is 32.1 Å². The maximum Gasteiger partial charge on any atom is 0.294 e. The first-order valence-electron chi connectivity index (χ1n) is 6.63. The summed E-state index contributed by atoms with van der Waals surface area (Å²) in [6.45, 7) is 0.549. The number of nitrogens with zero attached hydrogens (tertiary/aromatic N) is 1. The van der Waals surface area contributed by atoms with Gasteiger partial charge < -0.3 is 5.32 Å². The lowest BCUT2D eigenvalue weighted by Gasteiger charge is -2.13. The third kappa shape index (κ3) is 3.70. The number of anilines is 1. The zero-order valence-electron chi connectivity index (χ0n) is 11.0. The zero-order chi connectivity index (χ0) is 14.5. The first-order chi connectivity index (χ1) is 9.58. The molecule has 0 aromatic heterocycles. The standard InChI is InChI=1S/C14H16ClFN2O2/c15-11-8-14(18(19)20)13(9-12(11)16)17-7-6-10-4-2-1-3-5-10/h4,8-9,17H,1-3,5-7H2. The maximum absolute atomic E-state index is 13.4. The van der Waals surface area contributed by atoms with E-state index >= 15 is 0 Å². The molecule has 1 aromatic carbocycles. The average molecular weight is 299 g/mol. The summed E-state index contributed by atoms with van der Waals surface area (Å²) in [5.41, 5.74) is 1.34. The van der Waals surface area contributed by atoms with Gasteiger partial charge in [0, 0.05) is 18.7 Å². The molecule has 0 radical (unpaired) electrons. The van der Waals surface area contributed by atoms with Crippen LogP contribution >= 0.6 is 11.6 Å². The highest BCUT2D eigenvalue weighted by Gasteiger charge is 2.17. The highest BCUT2D eigenvalue weighted by Crippen LogP contribution is 2.30. The minimum absolute atomic E-state index is 0.174. The number of hydrogen-bond acceptors (Lipinski definition) is 3. The second kappa shape index (κ2) is 6.70.